The SMILES string of the molecule is N#Cc1cncc(-c2cccc(N3c4ccccc4N(c4ccccc4)c4ccccc43)c2)c1. The number of benzene rings is 4. The van der Waals surface area contributed by atoms with E-state index in [9.17, 15) is 5.26 Å². The fraction of sp³-hybridized carbons (Fsp3) is 0. The molecule has 4 heteroatoms. The number of hydrogen-bond donors (Lipinski definition) is 0. The lowest BCUT2D eigenvalue weighted by molar-refractivity contribution is 1.17. The Labute approximate surface area is 198 Å². The fourth-order valence-corrected chi connectivity index (χ4v) is 4.56. The second-order valence-corrected chi connectivity index (χ2v) is 8.11. The Balaban J connectivity index is 1.54. The van der Waals surface area contributed by atoms with Crippen molar-refractivity contribution in [1.29, 1.82) is 5.26 Å². The van der Waals surface area contributed by atoms with Crippen LogP contribution < -0.4 is 9.80 Å². The van der Waals surface area contributed by atoms with Gasteiger partial charge in [-0.25, -0.2) is 0 Å². The Morgan fingerprint density at radius 1 is 0.529 bits per heavy atom. The summed E-state index contributed by atoms with van der Waals surface area (Å²) in [6.45, 7) is 0. The minimum atomic E-state index is 0.551. The molecule has 4 aromatic carbocycles. The molecule has 0 N–H and O–H groups in total. The fourth-order valence-electron chi connectivity index (χ4n) is 4.56. The van der Waals surface area contributed by atoms with Gasteiger partial charge in [-0.1, -0.05) is 54.6 Å². The van der Waals surface area contributed by atoms with Crippen LogP contribution in [-0.4, -0.2) is 4.98 Å². The van der Waals surface area contributed by atoms with Gasteiger partial charge in [0.1, 0.15) is 6.07 Å². The molecule has 1 aliphatic rings. The van der Waals surface area contributed by atoms with E-state index in [4.69, 9.17) is 0 Å². The van der Waals surface area contributed by atoms with E-state index in [0.717, 1.165) is 45.3 Å². The van der Waals surface area contributed by atoms with Crippen molar-refractivity contribution in [1.82, 2.24) is 4.98 Å². The van der Waals surface area contributed by atoms with Crippen molar-refractivity contribution in [3.8, 4) is 17.2 Å². The van der Waals surface area contributed by atoms with Crippen molar-refractivity contribution in [3.05, 3.63) is 127 Å². The second-order valence-electron chi connectivity index (χ2n) is 8.11. The third kappa shape index (κ3) is 3.28. The minimum Gasteiger partial charge on any atom is -0.306 e. The molecule has 0 unspecified atom stereocenters. The largest absolute Gasteiger partial charge is 0.306 e. The quantitative estimate of drug-likeness (QED) is 0.283. The smallest absolute Gasteiger partial charge is 0.101 e. The second kappa shape index (κ2) is 8.23. The zero-order valence-corrected chi connectivity index (χ0v) is 18.3. The van der Waals surface area contributed by atoms with E-state index in [2.05, 4.69) is 118 Å². The zero-order valence-electron chi connectivity index (χ0n) is 18.3. The third-order valence-electron chi connectivity index (χ3n) is 6.05. The first kappa shape index (κ1) is 19.8. The first-order valence-electron chi connectivity index (χ1n) is 11.1. The van der Waals surface area contributed by atoms with Gasteiger partial charge in [-0.3, -0.25) is 4.98 Å². The molecule has 0 amide bonds. The molecular formula is C30H20N4. The lowest BCUT2D eigenvalue weighted by Crippen LogP contribution is -2.23. The lowest BCUT2D eigenvalue weighted by Gasteiger charge is -2.40. The van der Waals surface area contributed by atoms with E-state index < -0.39 is 0 Å². The summed E-state index contributed by atoms with van der Waals surface area (Å²) in [4.78, 5) is 8.86. The number of nitrogens with zero attached hydrogens (tertiary/aromatic N) is 4. The highest BCUT2D eigenvalue weighted by Crippen LogP contribution is 2.53. The summed E-state index contributed by atoms with van der Waals surface area (Å²) < 4.78 is 0. The average molecular weight is 437 g/mol. The van der Waals surface area contributed by atoms with Crippen LogP contribution >= 0.6 is 0 Å². The van der Waals surface area contributed by atoms with Gasteiger partial charge >= 0.3 is 0 Å². The van der Waals surface area contributed by atoms with Crippen LogP contribution in [-0.2, 0) is 0 Å². The highest BCUT2D eigenvalue weighted by atomic mass is 15.3. The summed E-state index contributed by atoms with van der Waals surface area (Å²) in [6, 6.07) is 39.9. The van der Waals surface area contributed by atoms with Crippen molar-refractivity contribution in [2.24, 2.45) is 0 Å². The van der Waals surface area contributed by atoms with E-state index in [-0.39, 0.29) is 0 Å². The molecule has 0 aliphatic carbocycles. The van der Waals surface area contributed by atoms with Crippen LogP contribution in [0.25, 0.3) is 11.1 Å². The maximum atomic E-state index is 9.30. The number of nitriles is 1. The van der Waals surface area contributed by atoms with Crippen LogP contribution in [0, 0.1) is 11.3 Å². The maximum absolute atomic E-state index is 9.30. The van der Waals surface area contributed by atoms with Crippen LogP contribution in [0.3, 0.4) is 0 Å². The Kier molecular flexibility index (Phi) is 4.79. The monoisotopic (exact) mass is 436 g/mol. The molecule has 0 radical (unpaired) electrons. The Bertz CT molecular complexity index is 1490. The third-order valence-corrected chi connectivity index (χ3v) is 6.05. The van der Waals surface area contributed by atoms with E-state index >= 15 is 0 Å². The van der Waals surface area contributed by atoms with Gasteiger partial charge < -0.3 is 9.80 Å². The number of rotatable bonds is 3. The molecule has 1 aliphatic heterocycles. The Morgan fingerprint density at radius 3 is 1.71 bits per heavy atom. The first-order valence-corrected chi connectivity index (χ1v) is 11.1. The molecule has 0 fully saturated rings. The molecule has 0 bridgehead atoms. The van der Waals surface area contributed by atoms with E-state index in [0.29, 0.717) is 5.56 Å². The molecule has 4 nitrogen and oxygen atoms in total. The molecular weight excluding hydrogens is 416 g/mol. The van der Waals surface area contributed by atoms with Gasteiger partial charge in [-0.15, -0.1) is 0 Å². The number of hydrogen-bond acceptors (Lipinski definition) is 4. The molecule has 0 saturated heterocycles. The molecule has 160 valence electrons. The standard InChI is InChI=1S/C30H20N4/c31-19-22-17-24(21-32-20-22)23-9-8-12-26(18-23)34-29-15-6-4-13-27(29)33(25-10-2-1-3-11-25)28-14-5-7-16-30(28)34/h1-18,20-21H. The maximum Gasteiger partial charge on any atom is 0.101 e. The van der Waals surface area contributed by atoms with Gasteiger partial charge in [0.15, 0.2) is 0 Å². The molecule has 34 heavy (non-hydrogen) atoms. The van der Waals surface area contributed by atoms with Gasteiger partial charge in [0, 0.05) is 29.3 Å². The van der Waals surface area contributed by atoms with E-state index in [1.54, 1.807) is 12.4 Å². The summed E-state index contributed by atoms with van der Waals surface area (Å²) in [5, 5.41) is 9.30. The molecule has 0 atom stereocenters. The Hall–Kier alpha value is -4.88. The first-order chi connectivity index (χ1) is 16.8. The van der Waals surface area contributed by atoms with Crippen molar-refractivity contribution < 1.29 is 0 Å². The molecule has 0 spiro atoms. The highest BCUT2D eigenvalue weighted by molar-refractivity contribution is 6.01. The summed E-state index contributed by atoms with van der Waals surface area (Å²) in [6.07, 6.45) is 3.39. The predicted octanol–water partition coefficient (Wildman–Crippen LogP) is 7.87. The lowest BCUT2D eigenvalue weighted by atomic mass is 10.0. The van der Waals surface area contributed by atoms with Crippen LogP contribution in [0.2, 0.25) is 0 Å². The van der Waals surface area contributed by atoms with Gasteiger partial charge in [-0.05, 0) is 60.2 Å². The minimum absolute atomic E-state index is 0.551. The molecule has 6 rings (SSSR count). The normalized spacial score (nSPS) is 12.0. The average Bonchev–Trinajstić information content (AvgIpc) is 2.92. The number of pyridine rings is 1. The summed E-state index contributed by atoms with van der Waals surface area (Å²) in [7, 11) is 0. The van der Waals surface area contributed by atoms with Gasteiger partial charge in [0.25, 0.3) is 0 Å². The molecule has 5 aromatic rings. The number of anilines is 6. The van der Waals surface area contributed by atoms with Gasteiger partial charge in [0.2, 0.25) is 0 Å². The van der Waals surface area contributed by atoms with Gasteiger partial charge in [0.05, 0.1) is 28.3 Å². The van der Waals surface area contributed by atoms with Gasteiger partial charge in [-0.2, -0.15) is 5.26 Å². The number of aromatic nitrogens is 1. The van der Waals surface area contributed by atoms with Crippen molar-refractivity contribution >= 4 is 34.1 Å². The zero-order chi connectivity index (χ0) is 22.9. The van der Waals surface area contributed by atoms with Crippen LogP contribution in [0.15, 0.2) is 122 Å². The summed E-state index contributed by atoms with van der Waals surface area (Å²) >= 11 is 0. The predicted molar refractivity (Wildman–Crippen MR) is 137 cm³/mol. The molecule has 2 heterocycles. The summed E-state index contributed by atoms with van der Waals surface area (Å²) in [5.74, 6) is 0. The number of para-hydroxylation sites is 5. The molecule has 0 saturated carbocycles. The number of fused-ring (bicyclic) bond motifs is 2. The van der Waals surface area contributed by atoms with Crippen LogP contribution in [0.5, 0.6) is 0 Å². The molecule has 1 aromatic heterocycles. The topological polar surface area (TPSA) is 43.2 Å². The Morgan fingerprint density at radius 2 is 1.09 bits per heavy atom. The van der Waals surface area contributed by atoms with Crippen LogP contribution in [0.4, 0.5) is 34.1 Å². The van der Waals surface area contributed by atoms with Crippen molar-refractivity contribution in [2.45, 2.75) is 0 Å². The highest BCUT2D eigenvalue weighted by Gasteiger charge is 2.29. The van der Waals surface area contributed by atoms with E-state index in [1.165, 1.54) is 0 Å². The van der Waals surface area contributed by atoms with Crippen molar-refractivity contribution in [3.63, 3.8) is 0 Å². The van der Waals surface area contributed by atoms with Crippen LogP contribution in [0.1, 0.15) is 5.56 Å². The van der Waals surface area contributed by atoms with Crippen molar-refractivity contribution in [2.75, 3.05) is 9.80 Å². The van der Waals surface area contributed by atoms with E-state index in [1.807, 2.05) is 12.1 Å². The summed E-state index contributed by atoms with van der Waals surface area (Å²) in [5.41, 5.74) is 9.10.